The van der Waals surface area contributed by atoms with Gasteiger partial charge in [0, 0.05) is 43.1 Å². The largest absolute Gasteiger partial charge is 0.378 e. The number of hydrogen-bond donors (Lipinski definition) is 1. The summed E-state index contributed by atoms with van der Waals surface area (Å²) >= 11 is 0. The van der Waals surface area contributed by atoms with E-state index in [1.54, 1.807) is 12.1 Å². The zero-order chi connectivity index (χ0) is 27.4. The minimum atomic E-state index is -1.08. The molecular formula is C35H36N2O2. The van der Waals surface area contributed by atoms with Crippen LogP contribution in [-0.2, 0) is 4.79 Å². The Hall–Kier alpha value is -3.60. The van der Waals surface area contributed by atoms with Crippen molar-refractivity contribution >= 4 is 11.5 Å². The van der Waals surface area contributed by atoms with E-state index in [1.807, 2.05) is 18.2 Å². The van der Waals surface area contributed by atoms with E-state index in [1.165, 1.54) is 28.0 Å². The number of carbonyl (C=O) groups excluding carboxylic acids is 1. The minimum Gasteiger partial charge on any atom is -0.378 e. The normalized spacial score (nSPS) is 31.2. The minimum absolute atomic E-state index is 0.195. The lowest BCUT2D eigenvalue weighted by molar-refractivity contribution is -0.114. The van der Waals surface area contributed by atoms with E-state index in [2.05, 4.69) is 68.1 Å². The van der Waals surface area contributed by atoms with Crippen LogP contribution in [0.15, 0.2) is 71.3 Å². The van der Waals surface area contributed by atoms with Crippen LogP contribution in [0.1, 0.15) is 74.5 Å². The van der Waals surface area contributed by atoms with E-state index < -0.39 is 5.60 Å². The molecule has 2 fully saturated rings. The van der Waals surface area contributed by atoms with Crippen molar-refractivity contribution < 1.29 is 9.90 Å². The zero-order valence-electron chi connectivity index (χ0n) is 23.1. The highest BCUT2D eigenvalue weighted by Gasteiger charge is 2.62. The number of nitrogens with zero attached hydrogens (tertiary/aromatic N) is 2. The van der Waals surface area contributed by atoms with Crippen LogP contribution in [0.25, 0.3) is 0 Å². The third-order valence-corrected chi connectivity index (χ3v) is 10.1. The van der Waals surface area contributed by atoms with Gasteiger partial charge in [-0.05, 0) is 110 Å². The molecule has 0 aromatic heterocycles. The van der Waals surface area contributed by atoms with Crippen molar-refractivity contribution in [1.29, 1.82) is 5.26 Å². The Balaban J connectivity index is 1.44. The number of nitriles is 1. The zero-order valence-corrected chi connectivity index (χ0v) is 23.1. The molecule has 5 atom stereocenters. The Labute approximate surface area is 232 Å². The number of rotatable bonds is 2. The topological polar surface area (TPSA) is 64.3 Å². The molecule has 4 aliphatic rings. The van der Waals surface area contributed by atoms with Gasteiger partial charge in [0.1, 0.15) is 5.60 Å². The van der Waals surface area contributed by atoms with Gasteiger partial charge in [-0.15, -0.1) is 0 Å². The van der Waals surface area contributed by atoms with Crippen molar-refractivity contribution in [2.75, 3.05) is 19.0 Å². The van der Waals surface area contributed by atoms with Crippen molar-refractivity contribution in [2.45, 2.75) is 63.4 Å². The number of allylic oxidation sites excluding steroid dienone is 4. The van der Waals surface area contributed by atoms with Crippen molar-refractivity contribution in [3.05, 3.63) is 88.0 Å². The summed E-state index contributed by atoms with van der Waals surface area (Å²) in [5.41, 5.74) is 6.68. The number of carbonyl (C=O) groups is 1. The molecule has 0 heterocycles. The molecule has 2 saturated carbocycles. The molecule has 1 unspecified atom stereocenters. The maximum Gasteiger partial charge on any atom is 0.156 e. The number of benzene rings is 2. The third-order valence-electron chi connectivity index (χ3n) is 10.1. The summed E-state index contributed by atoms with van der Waals surface area (Å²) in [6.07, 6.45) is 7.81. The second-order valence-electron chi connectivity index (χ2n) is 12.3. The van der Waals surface area contributed by atoms with E-state index in [0.717, 1.165) is 37.7 Å². The maximum atomic E-state index is 12.3. The van der Waals surface area contributed by atoms with Gasteiger partial charge in [-0.2, -0.15) is 5.26 Å². The van der Waals surface area contributed by atoms with Crippen LogP contribution in [0.3, 0.4) is 0 Å². The van der Waals surface area contributed by atoms with Gasteiger partial charge in [0.2, 0.25) is 0 Å². The number of fused-ring (bicyclic) bond motifs is 4. The molecule has 1 N–H and O–H groups in total. The first-order valence-corrected chi connectivity index (χ1v) is 14.2. The van der Waals surface area contributed by atoms with Gasteiger partial charge in [0.15, 0.2) is 5.78 Å². The van der Waals surface area contributed by atoms with Crippen LogP contribution >= 0.6 is 0 Å². The van der Waals surface area contributed by atoms with Gasteiger partial charge in [-0.3, -0.25) is 4.79 Å². The van der Waals surface area contributed by atoms with E-state index in [4.69, 9.17) is 5.26 Å². The van der Waals surface area contributed by atoms with Gasteiger partial charge < -0.3 is 10.0 Å². The smallest absolute Gasteiger partial charge is 0.156 e. The number of anilines is 1. The molecule has 4 heteroatoms. The third kappa shape index (κ3) is 4.23. The quantitative estimate of drug-likeness (QED) is 0.476. The Morgan fingerprint density at radius 2 is 1.69 bits per heavy atom. The summed E-state index contributed by atoms with van der Waals surface area (Å²) < 4.78 is 0. The second kappa shape index (κ2) is 9.55. The lowest BCUT2D eigenvalue weighted by Gasteiger charge is -2.53. The number of ketones is 1. The Bertz CT molecular complexity index is 1480. The van der Waals surface area contributed by atoms with Crippen LogP contribution in [0.2, 0.25) is 0 Å². The predicted octanol–water partition coefficient (Wildman–Crippen LogP) is 6.31. The van der Waals surface area contributed by atoms with Crippen LogP contribution in [0, 0.1) is 40.4 Å². The molecule has 0 aliphatic heterocycles. The van der Waals surface area contributed by atoms with E-state index in [9.17, 15) is 9.90 Å². The standard InChI is InChI=1S/C35H36N2O2/c1-34-21-31(25-8-11-27(12-9-25)37(2)3)33-29-15-13-28(38)20-26(29)10-14-30(33)32(34)17-19-35(34,39)18-16-23-4-6-24(22-36)7-5-23/h4-9,11-12,20,30-32,39H,10,13-15,17,19,21H2,1-3H3/t30?,31-,32+,34+,35+/m1/s1. The van der Waals surface area contributed by atoms with Gasteiger partial charge in [-0.25, -0.2) is 0 Å². The fraction of sp³-hybridized carbons (Fsp3) is 0.429. The van der Waals surface area contributed by atoms with Crippen LogP contribution < -0.4 is 4.90 Å². The Morgan fingerprint density at radius 1 is 0.974 bits per heavy atom. The summed E-state index contributed by atoms with van der Waals surface area (Å²) in [5, 5.41) is 21.4. The molecule has 4 nitrogen and oxygen atoms in total. The van der Waals surface area contributed by atoms with Crippen LogP contribution in [-0.4, -0.2) is 30.6 Å². The predicted molar refractivity (Wildman–Crippen MR) is 154 cm³/mol. The van der Waals surface area contributed by atoms with Crippen molar-refractivity contribution in [3.8, 4) is 17.9 Å². The monoisotopic (exact) mass is 516 g/mol. The molecule has 4 aliphatic carbocycles. The molecule has 0 amide bonds. The SMILES string of the molecule is CN(C)c1ccc([C@H]2C[C@@]3(C)[C@@H](CC[C@@]3(O)C#Cc3ccc(C#N)cc3)C3CCC4=CC(=O)CCC4=C32)cc1. The van der Waals surface area contributed by atoms with E-state index in [0.29, 0.717) is 30.2 Å². The first kappa shape index (κ1) is 25.7. The first-order chi connectivity index (χ1) is 18.7. The average molecular weight is 517 g/mol. The lowest BCUT2D eigenvalue weighted by Crippen LogP contribution is -2.51. The van der Waals surface area contributed by atoms with Crippen molar-refractivity contribution in [3.63, 3.8) is 0 Å². The highest BCUT2D eigenvalue weighted by Crippen LogP contribution is 2.66. The fourth-order valence-corrected chi connectivity index (χ4v) is 7.98. The summed E-state index contributed by atoms with van der Waals surface area (Å²) in [5.74, 6) is 7.82. The lowest BCUT2D eigenvalue weighted by atomic mass is 9.51. The second-order valence-corrected chi connectivity index (χ2v) is 12.3. The summed E-state index contributed by atoms with van der Waals surface area (Å²) in [7, 11) is 4.12. The van der Waals surface area contributed by atoms with Crippen molar-refractivity contribution in [1.82, 2.24) is 0 Å². The average Bonchev–Trinajstić information content (AvgIpc) is 3.21. The molecule has 0 bridgehead atoms. The number of hydrogen-bond acceptors (Lipinski definition) is 4. The first-order valence-electron chi connectivity index (χ1n) is 14.2. The molecule has 2 aromatic carbocycles. The van der Waals surface area contributed by atoms with E-state index in [-0.39, 0.29) is 17.1 Å². The summed E-state index contributed by atoms with van der Waals surface area (Å²) in [4.78, 5) is 14.4. The van der Waals surface area contributed by atoms with Crippen molar-refractivity contribution in [2.24, 2.45) is 17.3 Å². The van der Waals surface area contributed by atoms with Crippen LogP contribution in [0.5, 0.6) is 0 Å². The van der Waals surface area contributed by atoms with E-state index >= 15 is 0 Å². The fourth-order valence-electron chi connectivity index (χ4n) is 7.98. The summed E-state index contributed by atoms with van der Waals surface area (Å²) in [6.45, 7) is 2.27. The Kier molecular flexibility index (Phi) is 6.28. The van der Waals surface area contributed by atoms with Gasteiger partial charge in [0.25, 0.3) is 0 Å². The molecule has 0 saturated heterocycles. The highest BCUT2D eigenvalue weighted by atomic mass is 16.3. The summed E-state index contributed by atoms with van der Waals surface area (Å²) in [6, 6.07) is 18.3. The highest BCUT2D eigenvalue weighted by molar-refractivity contribution is 5.93. The number of aliphatic hydroxyl groups is 1. The molecule has 2 aromatic rings. The molecule has 198 valence electrons. The van der Waals surface area contributed by atoms with Gasteiger partial charge in [-0.1, -0.05) is 36.5 Å². The molecular weight excluding hydrogens is 480 g/mol. The molecule has 0 spiro atoms. The maximum absolute atomic E-state index is 12.3. The molecule has 39 heavy (non-hydrogen) atoms. The Morgan fingerprint density at radius 3 is 2.38 bits per heavy atom. The molecule has 6 rings (SSSR count). The van der Waals surface area contributed by atoms with Crippen LogP contribution in [0.4, 0.5) is 5.69 Å². The van der Waals surface area contributed by atoms with Gasteiger partial charge >= 0.3 is 0 Å². The van der Waals surface area contributed by atoms with Gasteiger partial charge in [0.05, 0.1) is 11.6 Å². The molecule has 0 radical (unpaired) electrons.